The number of halogens is 2. The molecule has 1 aromatic rings. The molecule has 6 nitrogen and oxygen atoms in total. The summed E-state index contributed by atoms with van der Waals surface area (Å²) in [5.41, 5.74) is 1.88. The molecule has 0 bridgehead atoms. The summed E-state index contributed by atoms with van der Waals surface area (Å²) in [5.74, 6) is 0.556. The van der Waals surface area contributed by atoms with E-state index in [1.165, 1.54) is 11.3 Å². The van der Waals surface area contributed by atoms with Gasteiger partial charge in [0.1, 0.15) is 11.6 Å². The highest BCUT2D eigenvalue weighted by Crippen LogP contribution is 2.34. The number of hydrogen-bond donors (Lipinski definition) is 1. The molecule has 2 saturated heterocycles. The molecule has 1 spiro atoms. The van der Waals surface area contributed by atoms with Gasteiger partial charge in [0, 0.05) is 45.0 Å². The van der Waals surface area contributed by atoms with E-state index < -0.39 is 5.54 Å². The summed E-state index contributed by atoms with van der Waals surface area (Å²) in [7, 11) is 0. The number of nitrogens with one attached hydrogen (secondary N) is 1. The van der Waals surface area contributed by atoms with Gasteiger partial charge in [-0.15, -0.1) is 24.8 Å². The molecule has 0 aromatic heterocycles. The fraction of sp³-hybridized carbons (Fsp3) is 0.704. The summed E-state index contributed by atoms with van der Waals surface area (Å²) in [6.07, 6.45) is 4.09. The summed E-state index contributed by atoms with van der Waals surface area (Å²) in [6, 6.07) is 8.49. The molecule has 35 heavy (non-hydrogen) atoms. The topological polar surface area (TPSA) is 55.9 Å². The van der Waals surface area contributed by atoms with Gasteiger partial charge in [0.2, 0.25) is 11.8 Å². The maximum Gasteiger partial charge on any atom is 0.246 e. The zero-order chi connectivity index (χ0) is 24.0. The maximum absolute atomic E-state index is 13.4. The van der Waals surface area contributed by atoms with E-state index in [0.29, 0.717) is 31.7 Å². The molecule has 0 radical (unpaired) electrons. The second-order valence-corrected chi connectivity index (χ2v) is 10.1. The number of hydrogen-bond acceptors (Lipinski definition) is 4. The molecule has 1 atom stereocenters. The van der Waals surface area contributed by atoms with E-state index in [1.54, 1.807) is 0 Å². The molecule has 3 rings (SSSR count). The van der Waals surface area contributed by atoms with Gasteiger partial charge < -0.3 is 15.1 Å². The van der Waals surface area contributed by atoms with Crippen LogP contribution in [0.5, 0.6) is 0 Å². The first-order valence-electron chi connectivity index (χ1n) is 13.0. The van der Waals surface area contributed by atoms with Crippen LogP contribution in [-0.4, -0.2) is 65.9 Å². The highest BCUT2D eigenvalue weighted by atomic mass is 35.5. The SMILES string of the molecule is CCCCN1C(=O)[C@H](CC(C)C)NC(=O)C12CCN(Cc1ccc(N(CC)CC)cc1)CC2.Cl.Cl. The Hall–Kier alpha value is -1.50. The lowest BCUT2D eigenvalue weighted by Gasteiger charge is -2.52. The number of likely N-dealkylation sites (tertiary alicyclic amines) is 1. The molecule has 0 unspecified atom stereocenters. The van der Waals surface area contributed by atoms with Gasteiger partial charge in [0.15, 0.2) is 0 Å². The highest BCUT2D eigenvalue weighted by molar-refractivity contribution is 6.00. The summed E-state index contributed by atoms with van der Waals surface area (Å²) in [6.45, 7) is 16.0. The summed E-state index contributed by atoms with van der Waals surface area (Å²) >= 11 is 0. The van der Waals surface area contributed by atoms with Gasteiger partial charge in [-0.1, -0.05) is 39.3 Å². The van der Waals surface area contributed by atoms with E-state index in [1.807, 2.05) is 4.90 Å². The van der Waals surface area contributed by atoms with Gasteiger partial charge in [-0.3, -0.25) is 14.5 Å². The molecular weight excluding hydrogens is 483 g/mol. The van der Waals surface area contributed by atoms with Crippen molar-refractivity contribution >= 4 is 42.3 Å². The number of piperidine rings is 1. The van der Waals surface area contributed by atoms with Crippen LogP contribution in [0.4, 0.5) is 5.69 Å². The molecule has 2 amide bonds. The van der Waals surface area contributed by atoms with Crippen LogP contribution in [0.2, 0.25) is 0 Å². The smallest absolute Gasteiger partial charge is 0.246 e. The Morgan fingerprint density at radius 2 is 1.63 bits per heavy atom. The van der Waals surface area contributed by atoms with Crippen LogP contribution in [0.15, 0.2) is 24.3 Å². The van der Waals surface area contributed by atoms with Crippen LogP contribution < -0.4 is 10.2 Å². The van der Waals surface area contributed by atoms with Crippen LogP contribution in [0.25, 0.3) is 0 Å². The fourth-order valence-electron chi connectivity index (χ4n) is 5.38. The molecule has 1 aromatic carbocycles. The van der Waals surface area contributed by atoms with Crippen LogP contribution >= 0.6 is 24.8 Å². The number of unbranched alkanes of at least 4 members (excludes halogenated alkanes) is 1. The highest BCUT2D eigenvalue weighted by Gasteiger charge is 2.53. The first-order valence-corrected chi connectivity index (χ1v) is 13.0. The van der Waals surface area contributed by atoms with Crippen molar-refractivity contribution in [3.05, 3.63) is 29.8 Å². The third-order valence-electron chi connectivity index (χ3n) is 7.41. The molecular formula is C27H46Cl2N4O2. The Bertz CT molecular complexity index is 791. The predicted octanol–water partition coefficient (Wildman–Crippen LogP) is 4.88. The lowest BCUT2D eigenvalue weighted by atomic mass is 9.80. The van der Waals surface area contributed by atoms with E-state index in [2.05, 4.69) is 74.0 Å². The Kier molecular flexibility index (Phi) is 12.9. The van der Waals surface area contributed by atoms with E-state index in [-0.39, 0.29) is 42.7 Å². The largest absolute Gasteiger partial charge is 0.372 e. The van der Waals surface area contributed by atoms with Crippen molar-refractivity contribution < 1.29 is 9.59 Å². The van der Waals surface area contributed by atoms with Crippen molar-refractivity contribution in [1.29, 1.82) is 0 Å². The predicted molar refractivity (Wildman–Crippen MR) is 150 cm³/mol. The van der Waals surface area contributed by atoms with Gasteiger partial charge in [-0.25, -0.2) is 0 Å². The monoisotopic (exact) mass is 528 g/mol. The van der Waals surface area contributed by atoms with E-state index in [4.69, 9.17) is 0 Å². The van der Waals surface area contributed by atoms with Crippen molar-refractivity contribution in [2.45, 2.75) is 84.8 Å². The van der Waals surface area contributed by atoms with E-state index in [0.717, 1.165) is 45.6 Å². The van der Waals surface area contributed by atoms with Crippen molar-refractivity contribution in [2.75, 3.05) is 37.6 Å². The molecule has 2 aliphatic rings. The van der Waals surface area contributed by atoms with Crippen molar-refractivity contribution in [3.8, 4) is 0 Å². The number of nitrogens with zero attached hydrogens (tertiary/aromatic N) is 3. The molecule has 0 saturated carbocycles. The molecule has 8 heteroatoms. The Morgan fingerprint density at radius 1 is 1.03 bits per heavy atom. The van der Waals surface area contributed by atoms with Crippen LogP contribution in [0, 0.1) is 5.92 Å². The third-order valence-corrected chi connectivity index (χ3v) is 7.41. The molecule has 2 aliphatic heterocycles. The first kappa shape index (κ1) is 31.5. The molecule has 1 N–H and O–H groups in total. The number of carbonyl (C=O) groups excluding carboxylic acids is 2. The lowest BCUT2D eigenvalue weighted by molar-refractivity contribution is -0.161. The Balaban J connectivity index is 0.00000306. The minimum atomic E-state index is -0.678. The standard InChI is InChI=1S/C27H44N4O2.2ClH/c1-6-9-16-31-25(32)24(19-21(4)5)28-26(33)27(31)14-17-29(18-15-27)20-22-10-12-23(13-11-22)30(7-2)8-3;;/h10-13,21,24H,6-9,14-20H2,1-5H3,(H,28,33);2*1H/t24-;;/m0../s1. The number of piperazine rings is 1. The first-order chi connectivity index (χ1) is 15.8. The lowest BCUT2D eigenvalue weighted by Crippen LogP contribution is -2.73. The normalized spacial score (nSPS) is 19.8. The van der Waals surface area contributed by atoms with Gasteiger partial charge >= 0.3 is 0 Å². The summed E-state index contributed by atoms with van der Waals surface area (Å²) < 4.78 is 0. The molecule has 2 fully saturated rings. The van der Waals surface area contributed by atoms with Crippen molar-refractivity contribution in [1.82, 2.24) is 15.1 Å². The minimum absolute atomic E-state index is 0. The average Bonchev–Trinajstić information content (AvgIpc) is 2.80. The minimum Gasteiger partial charge on any atom is -0.372 e. The fourth-order valence-corrected chi connectivity index (χ4v) is 5.38. The maximum atomic E-state index is 13.4. The summed E-state index contributed by atoms with van der Waals surface area (Å²) in [4.78, 5) is 33.5. The molecule has 2 heterocycles. The number of rotatable bonds is 10. The second-order valence-electron chi connectivity index (χ2n) is 10.1. The molecule has 0 aliphatic carbocycles. The third kappa shape index (κ3) is 7.27. The quantitative estimate of drug-likeness (QED) is 0.469. The van der Waals surface area contributed by atoms with Gasteiger partial charge in [-0.2, -0.15) is 0 Å². The van der Waals surface area contributed by atoms with Crippen LogP contribution in [-0.2, 0) is 16.1 Å². The number of benzene rings is 1. The van der Waals surface area contributed by atoms with Gasteiger partial charge in [0.25, 0.3) is 0 Å². The zero-order valence-corrected chi connectivity index (χ0v) is 23.8. The van der Waals surface area contributed by atoms with E-state index in [9.17, 15) is 9.59 Å². The molecule has 200 valence electrons. The Labute approximate surface area is 225 Å². The Morgan fingerprint density at radius 3 is 2.14 bits per heavy atom. The number of anilines is 1. The van der Waals surface area contributed by atoms with Crippen molar-refractivity contribution in [3.63, 3.8) is 0 Å². The van der Waals surface area contributed by atoms with Crippen molar-refractivity contribution in [2.24, 2.45) is 5.92 Å². The zero-order valence-electron chi connectivity index (χ0n) is 22.2. The average molecular weight is 530 g/mol. The number of amides is 2. The van der Waals surface area contributed by atoms with Gasteiger partial charge in [0.05, 0.1) is 0 Å². The van der Waals surface area contributed by atoms with Gasteiger partial charge in [-0.05, 0) is 63.1 Å². The summed E-state index contributed by atoms with van der Waals surface area (Å²) in [5, 5.41) is 3.10. The second kappa shape index (κ2) is 14.3. The number of carbonyl (C=O) groups is 2. The van der Waals surface area contributed by atoms with Crippen LogP contribution in [0.3, 0.4) is 0 Å². The van der Waals surface area contributed by atoms with Crippen LogP contribution in [0.1, 0.15) is 72.3 Å². The van der Waals surface area contributed by atoms with E-state index >= 15 is 0 Å².